The largest absolute Gasteiger partial charge is 0.491 e. The summed E-state index contributed by atoms with van der Waals surface area (Å²) in [5.74, 6) is 1.50. The third-order valence-electron chi connectivity index (χ3n) is 5.60. The summed E-state index contributed by atoms with van der Waals surface area (Å²) in [6, 6.07) is 13.8. The van der Waals surface area contributed by atoms with Gasteiger partial charge in [-0.2, -0.15) is 0 Å². The van der Waals surface area contributed by atoms with Gasteiger partial charge in [0.15, 0.2) is 0 Å². The SMILES string of the molecule is OCCOCCOCCOCCOc1cccc(-c2ccc(OCCOCCOCCO)cc2)c1CCOCCO. The van der Waals surface area contributed by atoms with Crippen LogP contribution in [0.1, 0.15) is 5.56 Å². The molecule has 232 valence electrons. The van der Waals surface area contributed by atoms with Crippen LogP contribution in [-0.2, 0) is 34.8 Å². The summed E-state index contributed by atoms with van der Waals surface area (Å²) in [6.07, 6.45) is 0.621. The third kappa shape index (κ3) is 16.0. The van der Waals surface area contributed by atoms with Crippen molar-refractivity contribution in [1.82, 2.24) is 0 Å². The van der Waals surface area contributed by atoms with Crippen LogP contribution < -0.4 is 9.47 Å². The number of hydrogen-bond acceptors (Lipinski definition) is 11. The second-order valence-corrected chi connectivity index (χ2v) is 8.60. The molecular weight excluding hydrogens is 536 g/mol. The van der Waals surface area contributed by atoms with Crippen LogP contribution in [0.3, 0.4) is 0 Å². The van der Waals surface area contributed by atoms with Crippen molar-refractivity contribution in [2.24, 2.45) is 0 Å². The van der Waals surface area contributed by atoms with E-state index < -0.39 is 0 Å². The molecule has 0 unspecified atom stereocenters. The summed E-state index contributed by atoms with van der Waals surface area (Å²) in [5, 5.41) is 26.4. The number of aliphatic hydroxyl groups is 3. The predicted molar refractivity (Wildman–Crippen MR) is 153 cm³/mol. The molecule has 41 heavy (non-hydrogen) atoms. The molecule has 0 radical (unpaired) electrons. The molecule has 0 aliphatic heterocycles. The number of benzene rings is 2. The predicted octanol–water partition coefficient (Wildman–Crippen LogP) is 1.73. The summed E-state index contributed by atoms with van der Waals surface area (Å²) in [6.45, 7) is 5.72. The number of hydrogen-bond donors (Lipinski definition) is 3. The van der Waals surface area contributed by atoms with Gasteiger partial charge < -0.3 is 53.2 Å². The van der Waals surface area contributed by atoms with Crippen LogP contribution in [0.15, 0.2) is 42.5 Å². The lowest BCUT2D eigenvalue weighted by molar-refractivity contribution is 0.00356. The molecule has 0 aliphatic carbocycles. The van der Waals surface area contributed by atoms with Crippen molar-refractivity contribution in [3.05, 3.63) is 48.0 Å². The molecule has 0 fully saturated rings. The second-order valence-electron chi connectivity index (χ2n) is 8.60. The molecule has 0 atom stereocenters. The van der Waals surface area contributed by atoms with Crippen LogP contribution in [0.4, 0.5) is 0 Å². The first-order valence-corrected chi connectivity index (χ1v) is 14.1. The standard InChI is InChI=1S/C30H46O11/c31-9-13-34-12-8-29-28(26-4-6-27(7-5-26)40-24-22-38-19-17-36-15-11-33)2-1-3-30(29)41-25-23-39-21-20-37-18-16-35-14-10-32/h1-7,31-33H,8-25H2. The summed E-state index contributed by atoms with van der Waals surface area (Å²) < 4.78 is 44.2. The Morgan fingerprint density at radius 1 is 0.439 bits per heavy atom. The van der Waals surface area contributed by atoms with Crippen LogP contribution >= 0.6 is 0 Å². The van der Waals surface area contributed by atoms with Crippen LogP contribution in [-0.4, -0.2) is 128 Å². The molecule has 0 saturated carbocycles. The molecular formula is C30H46O11. The van der Waals surface area contributed by atoms with Crippen molar-refractivity contribution in [1.29, 1.82) is 0 Å². The van der Waals surface area contributed by atoms with Crippen LogP contribution in [0.25, 0.3) is 11.1 Å². The smallest absolute Gasteiger partial charge is 0.123 e. The molecule has 2 aromatic rings. The van der Waals surface area contributed by atoms with Crippen molar-refractivity contribution in [3.63, 3.8) is 0 Å². The average molecular weight is 583 g/mol. The quantitative estimate of drug-likeness (QED) is 0.133. The van der Waals surface area contributed by atoms with Crippen LogP contribution in [0.2, 0.25) is 0 Å². The normalized spacial score (nSPS) is 11.2. The maximum Gasteiger partial charge on any atom is 0.123 e. The second kappa shape index (κ2) is 24.3. The highest BCUT2D eigenvalue weighted by atomic mass is 16.6. The zero-order valence-corrected chi connectivity index (χ0v) is 23.9. The van der Waals surface area contributed by atoms with Gasteiger partial charge in [0, 0.05) is 12.0 Å². The molecule has 0 bridgehead atoms. The Morgan fingerprint density at radius 2 is 0.902 bits per heavy atom. The van der Waals surface area contributed by atoms with Crippen molar-refractivity contribution >= 4 is 0 Å². The molecule has 0 saturated heterocycles. The van der Waals surface area contributed by atoms with Gasteiger partial charge in [0.1, 0.15) is 24.7 Å². The highest BCUT2D eigenvalue weighted by Crippen LogP contribution is 2.32. The van der Waals surface area contributed by atoms with Gasteiger partial charge in [-0.1, -0.05) is 24.3 Å². The zero-order valence-electron chi connectivity index (χ0n) is 23.9. The molecule has 0 aromatic heterocycles. The highest BCUT2D eigenvalue weighted by Gasteiger charge is 2.12. The minimum Gasteiger partial charge on any atom is -0.491 e. The van der Waals surface area contributed by atoms with Gasteiger partial charge in [-0.05, 0) is 29.3 Å². The van der Waals surface area contributed by atoms with E-state index in [0.717, 1.165) is 28.2 Å². The van der Waals surface area contributed by atoms with E-state index in [0.29, 0.717) is 92.3 Å². The highest BCUT2D eigenvalue weighted by molar-refractivity contribution is 5.70. The molecule has 0 amide bonds. The summed E-state index contributed by atoms with van der Waals surface area (Å²) in [4.78, 5) is 0. The number of aliphatic hydroxyl groups excluding tert-OH is 3. The lowest BCUT2D eigenvalue weighted by atomic mass is 9.97. The first kappa shape index (κ1) is 34.9. The fourth-order valence-electron chi connectivity index (χ4n) is 3.72. The molecule has 0 heterocycles. The summed E-state index contributed by atoms with van der Waals surface area (Å²) >= 11 is 0. The molecule has 3 N–H and O–H groups in total. The Bertz CT molecular complexity index is 879. The first-order chi connectivity index (χ1) is 20.3. The van der Waals surface area contributed by atoms with Gasteiger partial charge in [0.05, 0.1) is 99.1 Å². The molecule has 2 rings (SSSR count). The van der Waals surface area contributed by atoms with Crippen LogP contribution in [0.5, 0.6) is 11.5 Å². The van der Waals surface area contributed by atoms with E-state index >= 15 is 0 Å². The topological polar surface area (TPSA) is 135 Å². The third-order valence-corrected chi connectivity index (χ3v) is 5.60. The van der Waals surface area contributed by atoms with E-state index in [1.165, 1.54) is 0 Å². The van der Waals surface area contributed by atoms with Gasteiger partial charge in [-0.3, -0.25) is 0 Å². The lowest BCUT2D eigenvalue weighted by Gasteiger charge is -2.17. The molecule has 2 aromatic carbocycles. The van der Waals surface area contributed by atoms with E-state index in [9.17, 15) is 0 Å². The summed E-state index contributed by atoms with van der Waals surface area (Å²) in [5.41, 5.74) is 3.07. The minimum atomic E-state index is -0.0221. The Balaban J connectivity index is 1.84. The Kier molecular flexibility index (Phi) is 20.7. The average Bonchev–Trinajstić information content (AvgIpc) is 3.00. The van der Waals surface area contributed by atoms with Gasteiger partial charge in [-0.25, -0.2) is 0 Å². The van der Waals surface area contributed by atoms with Crippen molar-refractivity contribution in [2.45, 2.75) is 6.42 Å². The van der Waals surface area contributed by atoms with Crippen molar-refractivity contribution in [3.8, 4) is 22.6 Å². The van der Waals surface area contributed by atoms with Gasteiger partial charge in [0.25, 0.3) is 0 Å². The van der Waals surface area contributed by atoms with E-state index in [-0.39, 0.29) is 26.4 Å². The van der Waals surface area contributed by atoms with E-state index in [1.807, 2.05) is 36.4 Å². The molecule has 0 aliphatic rings. The number of ether oxygens (including phenoxy) is 8. The Hall–Kier alpha value is -2.32. The zero-order chi connectivity index (χ0) is 29.2. The summed E-state index contributed by atoms with van der Waals surface area (Å²) in [7, 11) is 0. The Morgan fingerprint density at radius 3 is 1.44 bits per heavy atom. The van der Waals surface area contributed by atoms with E-state index in [2.05, 4.69) is 6.07 Å². The van der Waals surface area contributed by atoms with Crippen molar-refractivity contribution in [2.75, 3.05) is 112 Å². The van der Waals surface area contributed by atoms with Gasteiger partial charge >= 0.3 is 0 Å². The Labute approximate surface area is 242 Å². The van der Waals surface area contributed by atoms with Gasteiger partial charge in [0.2, 0.25) is 0 Å². The monoisotopic (exact) mass is 582 g/mol. The molecule has 11 heteroatoms. The maximum absolute atomic E-state index is 9.06. The van der Waals surface area contributed by atoms with Gasteiger partial charge in [-0.15, -0.1) is 0 Å². The minimum absolute atomic E-state index is 0.00613. The lowest BCUT2D eigenvalue weighted by Crippen LogP contribution is -2.14. The molecule has 11 nitrogen and oxygen atoms in total. The fourth-order valence-corrected chi connectivity index (χ4v) is 3.72. The van der Waals surface area contributed by atoms with Crippen molar-refractivity contribution < 1.29 is 53.2 Å². The molecule has 0 spiro atoms. The van der Waals surface area contributed by atoms with E-state index in [4.69, 9.17) is 53.2 Å². The van der Waals surface area contributed by atoms with Crippen LogP contribution in [0, 0.1) is 0 Å². The maximum atomic E-state index is 9.06. The van der Waals surface area contributed by atoms with E-state index in [1.54, 1.807) is 0 Å². The first-order valence-electron chi connectivity index (χ1n) is 14.1. The fraction of sp³-hybridized carbons (Fsp3) is 0.600. The number of rotatable bonds is 27.